The molecule has 0 radical (unpaired) electrons. The van der Waals surface area contributed by atoms with Crippen LogP contribution in [0.1, 0.15) is 5.56 Å². The van der Waals surface area contributed by atoms with Crippen molar-refractivity contribution >= 4 is 0 Å². The molecule has 0 bridgehead atoms. The molecule has 1 heterocycles. The molecule has 0 aliphatic rings. The first kappa shape index (κ1) is 9.71. The molecule has 0 unspecified atom stereocenters. The minimum absolute atomic E-state index is 0.110. The summed E-state index contributed by atoms with van der Waals surface area (Å²) in [5, 5.41) is 0. The van der Waals surface area contributed by atoms with Crippen molar-refractivity contribution in [3.05, 3.63) is 58.5 Å². The second-order valence-corrected chi connectivity index (χ2v) is 3.72. The van der Waals surface area contributed by atoms with E-state index in [1.165, 1.54) is 0 Å². The topological polar surface area (TPSA) is 22.0 Å². The van der Waals surface area contributed by atoms with Crippen molar-refractivity contribution in [1.82, 2.24) is 4.57 Å². The molecule has 0 spiro atoms. The van der Waals surface area contributed by atoms with E-state index in [1.54, 1.807) is 0 Å². The van der Waals surface area contributed by atoms with Crippen LogP contribution < -0.4 is 5.43 Å². The van der Waals surface area contributed by atoms with Gasteiger partial charge in [-0.15, -0.1) is 0 Å². The van der Waals surface area contributed by atoms with Gasteiger partial charge < -0.3 is 4.57 Å². The zero-order valence-electron chi connectivity index (χ0n) is 8.90. The number of nitrogens with zero attached hydrogens (tertiary/aromatic N) is 1. The lowest BCUT2D eigenvalue weighted by Crippen LogP contribution is -2.11. The van der Waals surface area contributed by atoms with Gasteiger partial charge in [0, 0.05) is 30.6 Å². The second-order valence-electron chi connectivity index (χ2n) is 3.72. The van der Waals surface area contributed by atoms with E-state index in [9.17, 15) is 4.79 Å². The van der Waals surface area contributed by atoms with Gasteiger partial charge in [0.15, 0.2) is 5.43 Å². The molecule has 0 saturated carbocycles. The minimum Gasteiger partial charge on any atom is -0.356 e. The summed E-state index contributed by atoms with van der Waals surface area (Å²) in [6, 6.07) is 9.74. The van der Waals surface area contributed by atoms with Gasteiger partial charge in [-0.25, -0.2) is 0 Å². The molecule has 0 amide bonds. The molecule has 0 saturated heterocycles. The predicted molar refractivity (Wildman–Crippen MR) is 61.9 cm³/mol. The summed E-state index contributed by atoms with van der Waals surface area (Å²) in [5.41, 5.74) is 2.62. The van der Waals surface area contributed by atoms with E-state index in [-0.39, 0.29) is 5.43 Å². The minimum atomic E-state index is 0.110. The molecule has 1 aromatic carbocycles. The van der Waals surface area contributed by atoms with Crippen molar-refractivity contribution in [3.8, 4) is 11.1 Å². The highest BCUT2D eigenvalue weighted by atomic mass is 16.1. The van der Waals surface area contributed by atoms with E-state index < -0.39 is 0 Å². The third-order valence-corrected chi connectivity index (χ3v) is 2.42. The summed E-state index contributed by atoms with van der Waals surface area (Å²) in [5.74, 6) is 0. The van der Waals surface area contributed by atoms with Crippen molar-refractivity contribution in [2.75, 3.05) is 0 Å². The highest BCUT2D eigenvalue weighted by Gasteiger charge is 2.04. The van der Waals surface area contributed by atoms with Crippen LogP contribution in [-0.2, 0) is 7.05 Å². The maximum atomic E-state index is 11.9. The highest BCUT2D eigenvalue weighted by Crippen LogP contribution is 2.14. The molecule has 2 rings (SSSR count). The number of pyridine rings is 1. The van der Waals surface area contributed by atoms with E-state index >= 15 is 0 Å². The molecule has 0 fully saturated rings. The Labute approximate surface area is 88.8 Å². The van der Waals surface area contributed by atoms with Crippen LogP contribution in [0.4, 0.5) is 0 Å². The lowest BCUT2D eigenvalue weighted by molar-refractivity contribution is 0.891. The first-order valence-corrected chi connectivity index (χ1v) is 4.91. The van der Waals surface area contributed by atoms with Crippen LogP contribution >= 0.6 is 0 Å². The Kier molecular flexibility index (Phi) is 2.42. The summed E-state index contributed by atoms with van der Waals surface area (Å²) in [6.45, 7) is 1.84. The smallest absolute Gasteiger partial charge is 0.192 e. The fourth-order valence-electron chi connectivity index (χ4n) is 1.70. The van der Waals surface area contributed by atoms with Gasteiger partial charge >= 0.3 is 0 Å². The number of aryl methyl sites for hydroxylation is 2. The van der Waals surface area contributed by atoms with Crippen molar-refractivity contribution in [3.63, 3.8) is 0 Å². The average molecular weight is 199 g/mol. The average Bonchev–Trinajstić information content (AvgIpc) is 2.24. The fraction of sp³-hybridized carbons (Fsp3) is 0.154. The molecular formula is C13H13NO. The molecule has 76 valence electrons. The quantitative estimate of drug-likeness (QED) is 0.691. The van der Waals surface area contributed by atoms with Crippen LogP contribution in [0.2, 0.25) is 0 Å². The maximum Gasteiger partial charge on any atom is 0.192 e. The summed E-state index contributed by atoms with van der Waals surface area (Å²) in [4.78, 5) is 11.9. The maximum absolute atomic E-state index is 11.9. The van der Waals surface area contributed by atoms with E-state index in [4.69, 9.17) is 0 Å². The largest absolute Gasteiger partial charge is 0.356 e. The van der Waals surface area contributed by atoms with Crippen LogP contribution in [0.15, 0.2) is 47.5 Å². The standard InChI is InChI=1S/C13H13NO/c1-10-8-14(2)9-12(13(10)15)11-6-4-3-5-7-11/h3-9H,1-2H3. The number of benzene rings is 1. The monoisotopic (exact) mass is 199 g/mol. The Balaban J connectivity index is 2.69. The Bertz CT molecular complexity index is 526. The Morgan fingerprint density at radius 1 is 1.07 bits per heavy atom. The van der Waals surface area contributed by atoms with Crippen LogP contribution in [0.3, 0.4) is 0 Å². The van der Waals surface area contributed by atoms with Crippen LogP contribution in [-0.4, -0.2) is 4.57 Å². The third kappa shape index (κ3) is 1.84. The SMILES string of the molecule is Cc1cn(C)cc(-c2ccccc2)c1=O. The molecule has 2 aromatic rings. The number of rotatable bonds is 1. The normalized spacial score (nSPS) is 10.3. The van der Waals surface area contributed by atoms with Crippen molar-refractivity contribution < 1.29 is 0 Å². The molecule has 2 nitrogen and oxygen atoms in total. The van der Waals surface area contributed by atoms with Crippen LogP contribution in [0.25, 0.3) is 11.1 Å². The van der Waals surface area contributed by atoms with Gasteiger partial charge in [0.05, 0.1) is 0 Å². The molecule has 0 atom stereocenters. The second kappa shape index (κ2) is 3.73. The van der Waals surface area contributed by atoms with E-state index in [1.807, 2.05) is 61.3 Å². The molecular weight excluding hydrogens is 186 g/mol. The highest BCUT2D eigenvalue weighted by molar-refractivity contribution is 5.62. The first-order valence-electron chi connectivity index (χ1n) is 4.91. The Morgan fingerprint density at radius 2 is 1.73 bits per heavy atom. The summed E-state index contributed by atoms with van der Waals surface area (Å²) in [7, 11) is 1.93. The number of hydrogen-bond donors (Lipinski definition) is 0. The molecule has 2 heteroatoms. The Morgan fingerprint density at radius 3 is 2.40 bits per heavy atom. The third-order valence-electron chi connectivity index (χ3n) is 2.42. The fourth-order valence-corrected chi connectivity index (χ4v) is 1.70. The van der Waals surface area contributed by atoms with Gasteiger partial charge in [0.1, 0.15) is 0 Å². The van der Waals surface area contributed by atoms with E-state index in [2.05, 4.69) is 0 Å². The van der Waals surface area contributed by atoms with Gasteiger partial charge in [-0.3, -0.25) is 4.79 Å². The van der Waals surface area contributed by atoms with Crippen molar-refractivity contribution in [2.45, 2.75) is 6.92 Å². The van der Waals surface area contributed by atoms with Crippen molar-refractivity contribution in [2.24, 2.45) is 7.05 Å². The zero-order chi connectivity index (χ0) is 10.8. The van der Waals surface area contributed by atoms with Gasteiger partial charge in [-0.05, 0) is 12.5 Å². The molecule has 0 aliphatic carbocycles. The molecule has 0 aliphatic heterocycles. The number of aromatic nitrogens is 1. The molecule has 1 aromatic heterocycles. The Hall–Kier alpha value is -1.83. The lowest BCUT2D eigenvalue weighted by atomic mass is 10.1. The van der Waals surface area contributed by atoms with Gasteiger partial charge in [-0.2, -0.15) is 0 Å². The van der Waals surface area contributed by atoms with Gasteiger partial charge in [-0.1, -0.05) is 30.3 Å². The number of hydrogen-bond acceptors (Lipinski definition) is 1. The summed E-state index contributed by atoms with van der Waals surface area (Å²) >= 11 is 0. The zero-order valence-corrected chi connectivity index (χ0v) is 8.90. The van der Waals surface area contributed by atoms with E-state index in [0.29, 0.717) is 0 Å². The van der Waals surface area contributed by atoms with E-state index in [0.717, 1.165) is 16.7 Å². The van der Waals surface area contributed by atoms with Gasteiger partial charge in [0.2, 0.25) is 0 Å². The van der Waals surface area contributed by atoms with Gasteiger partial charge in [0.25, 0.3) is 0 Å². The first-order chi connectivity index (χ1) is 7.18. The van der Waals surface area contributed by atoms with Crippen LogP contribution in [0, 0.1) is 6.92 Å². The predicted octanol–water partition coefficient (Wildman–Crippen LogP) is 2.36. The molecule has 15 heavy (non-hydrogen) atoms. The lowest BCUT2D eigenvalue weighted by Gasteiger charge is -2.05. The van der Waals surface area contributed by atoms with Crippen LogP contribution in [0.5, 0.6) is 0 Å². The molecule has 0 N–H and O–H groups in total. The summed E-state index contributed by atoms with van der Waals surface area (Å²) < 4.78 is 1.92. The summed E-state index contributed by atoms with van der Waals surface area (Å²) in [6.07, 6.45) is 3.71. The van der Waals surface area contributed by atoms with Crippen molar-refractivity contribution in [1.29, 1.82) is 0 Å².